The maximum Gasteiger partial charge on any atom is 0.261 e. The molecule has 0 saturated carbocycles. The van der Waals surface area contributed by atoms with Gasteiger partial charge in [-0.05, 0) is 58.8 Å². The van der Waals surface area contributed by atoms with E-state index >= 15 is 0 Å². The zero-order chi connectivity index (χ0) is 22.0. The molecule has 1 saturated heterocycles. The van der Waals surface area contributed by atoms with Gasteiger partial charge in [-0.25, -0.2) is 0 Å². The Morgan fingerprint density at radius 3 is 1.93 bits per heavy atom. The van der Waals surface area contributed by atoms with Crippen molar-refractivity contribution >= 4 is 41.3 Å². The summed E-state index contributed by atoms with van der Waals surface area (Å²) in [4.78, 5) is 0. The molecule has 0 bridgehead atoms. The summed E-state index contributed by atoms with van der Waals surface area (Å²) >= 11 is 2.35. The van der Waals surface area contributed by atoms with Crippen LogP contribution in [0.25, 0.3) is 0 Å². The van der Waals surface area contributed by atoms with Crippen LogP contribution in [0.1, 0.15) is 41.5 Å². The number of benzene rings is 2. The van der Waals surface area contributed by atoms with Crippen molar-refractivity contribution in [2.45, 2.75) is 64.6 Å². The van der Waals surface area contributed by atoms with Crippen LogP contribution in [0, 0.1) is 0 Å². The molecule has 3 rings (SSSR count). The minimum atomic E-state index is -2.60. The highest BCUT2D eigenvalue weighted by Crippen LogP contribution is 2.39. The SMILES string of the molecule is C/C=C(\I)[C@@H]1OC(C)(C)O[C@@H]1CO[Si](c1ccccc1)(c1ccccc1)C(C)(C)C. The third kappa shape index (κ3) is 4.75. The van der Waals surface area contributed by atoms with Gasteiger partial charge < -0.3 is 13.9 Å². The maximum atomic E-state index is 7.07. The van der Waals surface area contributed by atoms with Crippen molar-refractivity contribution in [1.82, 2.24) is 0 Å². The predicted molar refractivity (Wildman–Crippen MR) is 135 cm³/mol. The van der Waals surface area contributed by atoms with Gasteiger partial charge in [0.25, 0.3) is 8.32 Å². The number of allylic oxidation sites excluding steroid dienone is 1. The van der Waals surface area contributed by atoms with Crippen LogP contribution in [0.2, 0.25) is 5.04 Å². The molecular weight excluding hydrogens is 503 g/mol. The molecule has 0 unspecified atom stereocenters. The maximum absolute atomic E-state index is 7.07. The van der Waals surface area contributed by atoms with Crippen molar-refractivity contribution in [3.63, 3.8) is 0 Å². The molecule has 0 amide bonds. The largest absolute Gasteiger partial charge is 0.405 e. The van der Waals surface area contributed by atoms with Crippen LogP contribution in [0.5, 0.6) is 0 Å². The highest BCUT2D eigenvalue weighted by molar-refractivity contribution is 14.1. The second-order valence-electron chi connectivity index (χ2n) is 9.24. The molecule has 3 nitrogen and oxygen atoms in total. The summed E-state index contributed by atoms with van der Waals surface area (Å²) in [5.74, 6) is -0.621. The first-order valence-corrected chi connectivity index (χ1v) is 13.5. The van der Waals surface area contributed by atoms with E-state index < -0.39 is 14.1 Å². The summed E-state index contributed by atoms with van der Waals surface area (Å²) in [5.41, 5.74) is 0. The average Bonchev–Trinajstić information content (AvgIpc) is 3.03. The minimum absolute atomic E-state index is 0.0616. The molecule has 1 heterocycles. The third-order valence-electron chi connectivity index (χ3n) is 5.61. The first kappa shape index (κ1) is 23.7. The van der Waals surface area contributed by atoms with Gasteiger partial charge in [-0.3, -0.25) is 0 Å². The van der Waals surface area contributed by atoms with Crippen molar-refractivity contribution in [3.05, 3.63) is 70.3 Å². The fraction of sp³-hybridized carbons (Fsp3) is 0.440. The zero-order valence-electron chi connectivity index (χ0n) is 18.8. The normalized spacial score (nSPS) is 22.3. The summed E-state index contributed by atoms with van der Waals surface area (Å²) < 4.78 is 20.7. The molecule has 2 aromatic rings. The van der Waals surface area contributed by atoms with Gasteiger partial charge in [0, 0.05) is 3.58 Å². The van der Waals surface area contributed by atoms with E-state index in [-0.39, 0.29) is 17.2 Å². The second kappa shape index (κ2) is 9.24. The van der Waals surface area contributed by atoms with E-state index in [2.05, 4.69) is 110 Å². The van der Waals surface area contributed by atoms with Crippen LogP contribution in [0.15, 0.2) is 70.3 Å². The smallest absolute Gasteiger partial charge is 0.261 e. The van der Waals surface area contributed by atoms with Gasteiger partial charge in [-0.15, -0.1) is 0 Å². The quantitative estimate of drug-likeness (QED) is 0.365. The first-order valence-electron chi connectivity index (χ1n) is 10.5. The highest BCUT2D eigenvalue weighted by atomic mass is 127. The number of rotatable bonds is 6. The molecule has 0 N–H and O–H groups in total. The summed E-state index contributed by atoms with van der Waals surface area (Å²) in [7, 11) is -2.60. The van der Waals surface area contributed by atoms with Crippen LogP contribution in [-0.4, -0.2) is 32.9 Å². The van der Waals surface area contributed by atoms with Gasteiger partial charge in [-0.2, -0.15) is 0 Å². The number of halogens is 1. The lowest BCUT2D eigenvalue weighted by atomic mass is 10.2. The van der Waals surface area contributed by atoms with Crippen molar-refractivity contribution in [2.24, 2.45) is 0 Å². The van der Waals surface area contributed by atoms with Crippen molar-refractivity contribution in [3.8, 4) is 0 Å². The average molecular weight is 537 g/mol. The minimum Gasteiger partial charge on any atom is -0.405 e. The Kier molecular flexibility index (Phi) is 7.29. The highest BCUT2D eigenvalue weighted by Gasteiger charge is 2.52. The van der Waals surface area contributed by atoms with E-state index in [1.807, 2.05) is 20.8 Å². The summed E-state index contributed by atoms with van der Waals surface area (Å²) in [6.07, 6.45) is 1.83. The van der Waals surface area contributed by atoms with Crippen LogP contribution in [-0.2, 0) is 13.9 Å². The molecule has 1 aliphatic heterocycles. The standard InChI is InChI=1S/C25H33IO3Si/c1-7-21(26)23-22(28-25(5,6)29-23)18-27-30(24(2,3)4,19-14-10-8-11-15-19)20-16-12-9-13-17-20/h7-17,22-23H,18H2,1-6H3/b21-7-/t22-,23+/m1/s1. The van der Waals surface area contributed by atoms with Gasteiger partial charge >= 0.3 is 0 Å². The molecular formula is C25H33IO3Si. The van der Waals surface area contributed by atoms with Crippen molar-refractivity contribution in [1.29, 1.82) is 0 Å². The Morgan fingerprint density at radius 2 is 1.50 bits per heavy atom. The van der Waals surface area contributed by atoms with Crippen LogP contribution >= 0.6 is 22.6 Å². The van der Waals surface area contributed by atoms with Crippen molar-refractivity contribution in [2.75, 3.05) is 6.61 Å². The molecule has 2 aromatic carbocycles. The van der Waals surface area contributed by atoms with E-state index in [0.717, 1.165) is 3.58 Å². The van der Waals surface area contributed by atoms with Crippen LogP contribution in [0.4, 0.5) is 0 Å². The summed E-state index contributed by atoms with van der Waals surface area (Å²) in [6, 6.07) is 21.4. The lowest BCUT2D eigenvalue weighted by molar-refractivity contribution is -0.145. The Labute approximate surface area is 196 Å². The fourth-order valence-electron chi connectivity index (χ4n) is 4.32. The van der Waals surface area contributed by atoms with Crippen LogP contribution in [0.3, 0.4) is 0 Å². The summed E-state index contributed by atoms with van der Waals surface area (Å²) in [5, 5.41) is 2.49. The molecule has 0 aromatic heterocycles. The Bertz CT molecular complexity index is 819. The van der Waals surface area contributed by atoms with Gasteiger partial charge in [0.05, 0.1) is 6.61 Å². The lowest BCUT2D eigenvalue weighted by Gasteiger charge is -2.43. The lowest BCUT2D eigenvalue weighted by Crippen LogP contribution is -2.67. The van der Waals surface area contributed by atoms with Gasteiger partial charge in [-0.1, -0.05) is 87.5 Å². The fourth-order valence-corrected chi connectivity index (χ4v) is 9.42. The third-order valence-corrected chi connectivity index (χ3v) is 11.9. The zero-order valence-corrected chi connectivity index (χ0v) is 22.0. The topological polar surface area (TPSA) is 27.7 Å². The molecule has 0 spiro atoms. The molecule has 1 aliphatic rings. The van der Waals surface area contributed by atoms with Crippen molar-refractivity contribution < 1.29 is 13.9 Å². The first-order chi connectivity index (χ1) is 14.1. The number of hydrogen-bond acceptors (Lipinski definition) is 3. The van der Waals surface area contributed by atoms with E-state index in [1.54, 1.807) is 0 Å². The molecule has 1 fully saturated rings. The van der Waals surface area contributed by atoms with E-state index in [0.29, 0.717) is 6.61 Å². The van der Waals surface area contributed by atoms with E-state index in [4.69, 9.17) is 13.9 Å². The molecule has 162 valence electrons. The van der Waals surface area contributed by atoms with E-state index in [9.17, 15) is 0 Å². The van der Waals surface area contributed by atoms with Gasteiger partial charge in [0.1, 0.15) is 12.2 Å². The Balaban J connectivity index is 2.04. The monoisotopic (exact) mass is 536 g/mol. The van der Waals surface area contributed by atoms with Gasteiger partial charge in [0.15, 0.2) is 5.79 Å². The van der Waals surface area contributed by atoms with E-state index in [1.165, 1.54) is 10.4 Å². The number of hydrogen-bond donors (Lipinski definition) is 0. The summed E-state index contributed by atoms with van der Waals surface area (Å²) in [6.45, 7) is 13.4. The Morgan fingerprint density at radius 1 is 1.00 bits per heavy atom. The predicted octanol–water partition coefficient (Wildman–Crippen LogP) is 5.42. The second-order valence-corrected chi connectivity index (χ2v) is 14.8. The molecule has 5 heteroatoms. The molecule has 2 atom stereocenters. The number of ether oxygens (including phenoxy) is 2. The molecule has 30 heavy (non-hydrogen) atoms. The Hall–Kier alpha value is -0.993. The molecule has 0 radical (unpaired) electrons. The van der Waals surface area contributed by atoms with Crippen LogP contribution < -0.4 is 10.4 Å². The van der Waals surface area contributed by atoms with Gasteiger partial charge in [0.2, 0.25) is 0 Å². The molecule has 0 aliphatic carbocycles.